The molecule has 7 nitrogen and oxygen atoms in total. The Kier molecular flexibility index (Phi) is 3.71. The SMILES string of the molecule is CC(F)(F)CNC(=O)Cn1ccnc1[N+](=O)[O-]. The van der Waals surface area contributed by atoms with Crippen molar-refractivity contribution in [3.8, 4) is 0 Å². The maximum atomic E-state index is 12.4. The van der Waals surface area contributed by atoms with Gasteiger partial charge in [-0.15, -0.1) is 0 Å². The van der Waals surface area contributed by atoms with Gasteiger partial charge in [0.25, 0.3) is 11.8 Å². The molecular weight excluding hydrogens is 238 g/mol. The number of aromatic nitrogens is 2. The summed E-state index contributed by atoms with van der Waals surface area (Å²) in [5.41, 5.74) is 0. The Morgan fingerprint density at radius 2 is 2.35 bits per heavy atom. The summed E-state index contributed by atoms with van der Waals surface area (Å²) >= 11 is 0. The molecule has 0 atom stereocenters. The van der Waals surface area contributed by atoms with E-state index in [0.29, 0.717) is 6.92 Å². The lowest BCUT2D eigenvalue weighted by Gasteiger charge is -2.10. The van der Waals surface area contributed by atoms with Crippen molar-refractivity contribution in [2.75, 3.05) is 6.54 Å². The Morgan fingerprint density at radius 3 is 2.88 bits per heavy atom. The number of imidazole rings is 1. The lowest BCUT2D eigenvalue weighted by atomic mass is 10.4. The summed E-state index contributed by atoms with van der Waals surface area (Å²) in [6.45, 7) is -0.576. The third kappa shape index (κ3) is 4.13. The van der Waals surface area contributed by atoms with Crippen molar-refractivity contribution in [1.82, 2.24) is 14.9 Å². The van der Waals surface area contributed by atoms with E-state index in [0.717, 1.165) is 10.8 Å². The Hall–Kier alpha value is -2.06. The van der Waals surface area contributed by atoms with Gasteiger partial charge >= 0.3 is 5.95 Å². The molecule has 1 aromatic heterocycles. The number of halogens is 2. The van der Waals surface area contributed by atoms with Crippen molar-refractivity contribution >= 4 is 11.9 Å². The maximum absolute atomic E-state index is 12.4. The number of hydrogen-bond acceptors (Lipinski definition) is 4. The van der Waals surface area contributed by atoms with Crippen LogP contribution in [0.25, 0.3) is 0 Å². The smallest absolute Gasteiger partial charge is 0.390 e. The molecule has 1 amide bonds. The van der Waals surface area contributed by atoms with Crippen LogP contribution in [0, 0.1) is 10.1 Å². The molecule has 0 aliphatic rings. The van der Waals surface area contributed by atoms with Gasteiger partial charge in [-0.1, -0.05) is 4.98 Å². The van der Waals surface area contributed by atoms with E-state index in [4.69, 9.17) is 0 Å². The van der Waals surface area contributed by atoms with Crippen LogP contribution in [0.5, 0.6) is 0 Å². The number of alkyl halides is 2. The normalized spacial score (nSPS) is 11.2. The second-order valence-electron chi connectivity index (χ2n) is 3.46. The summed E-state index contributed by atoms with van der Waals surface area (Å²) in [5, 5.41) is 12.4. The van der Waals surface area contributed by atoms with Crippen molar-refractivity contribution in [2.24, 2.45) is 0 Å². The van der Waals surface area contributed by atoms with Gasteiger partial charge in [0, 0.05) is 6.92 Å². The highest BCUT2D eigenvalue weighted by atomic mass is 19.3. The first kappa shape index (κ1) is 13.0. The van der Waals surface area contributed by atoms with Crippen LogP contribution in [-0.4, -0.2) is 32.8 Å². The van der Waals surface area contributed by atoms with Crippen LogP contribution in [0.1, 0.15) is 6.92 Å². The van der Waals surface area contributed by atoms with Crippen LogP contribution in [0.15, 0.2) is 12.4 Å². The number of carbonyl (C=O) groups is 1. The number of nitro groups is 1. The molecule has 0 aromatic carbocycles. The molecular formula is C8H10F2N4O3. The zero-order valence-corrected chi connectivity index (χ0v) is 8.89. The van der Waals surface area contributed by atoms with Gasteiger partial charge < -0.3 is 15.4 Å². The average Bonchev–Trinajstić information content (AvgIpc) is 2.62. The van der Waals surface area contributed by atoms with E-state index in [2.05, 4.69) is 4.98 Å². The molecule has 0 spiro atoms. The summed E-state index contributed by atoms with van der Waals surface area (Å²) < 4.78 is 25.8. The third-order valence-electron chi connectivity index (χ3n) is 1.77. The summed E-state index contributed by atoms with van der Waals surface area (Å²) in [6.07, 6.45) is 2.38. The maximum Gasteiger partial charge on any atom is 0.435 e. The molecule has 17 heavy (non-hydrogen) atoms. The van der Waals surface area contributed by atoms with Crippen LogP contribution in [0.4, 0.5) is 14.7 Å². The zero-order valence-electron chi connectivity index (χ0n) is 8.89. The molecule has 0 unspecified atom stereocenters. The predicted molar refractivity (Wildman–Crippen MR) is 52.5 cm³/mol. The largest absolute Gasteiger partial charge is 0.435 e. The minimum Gasteiger partial charge on any atom is -0.390 e. The number of carbonyl (C=O) groups excluding carboxylic acids is 1. The van der Waals surface area contributed by atoms with Crippen LogP contribution < -0.4 is 5.32 Å². The second kappa shape index (κ2) is 4.85. The standard InChI is InChI=1S/C8H10F2N4O3/c1-8(9,10)5-12-6(15)4-13-3-2-11-7(13)14(16)17/h2-3H,4-5H2,1H3,(H,12,15). The van der Waals surface area contributed by atoms with Gasteiger partial charge in [0.1, 0.15) is 12.4 Å². The first-order chi connectivity index (χ1) is 7.79. The molecule has 0 aliphatic carbocycles. The van der Waals surface area contributed by atoms with Crippen LogP contribution >= 0.6 is 0 Å². The van der Waals surface area contributed by atoms with Crippen molar-refractivity contribution in [1.29, 1.82) is 0 Å². The molecule has 0 saturated carbocycles. The number of amides is 1. The Labute approximate surface area is 94.6 Å². The summed E-state index contributed by atoms with van der Waals surface area (Å²) in [4.78, 5) is 24.3. The Morgan fingerprint density at radius 1 is 1.71 bits per heavy atom. The summed E-state index contributed by atoms with van der Waals surface area (Å²) in [5.74, 6) is -4.27. The number of nitrogens with one attached hydrogen (secondary N) is 1. The summed E-state index contributed by atoms with van der Waals surface area (Å²) in [7, 11) is 0. The van der Waals surface area contributed by atoms with E-state index in [1.165, 1.54) is 6.20 Å². The lowest BCUT2D eigenvalue weighted by Crippen LogP contribution is -2.36. The van der Waals surface area contributed by atoms with Gasteiger partial charge in [-0.05, 0) is 4.92 Å². The predicted octanol–water partition coefficient (Wildman–Crippen LogP) is 0.563. The fraction of sp³-hybridized carbons (Fsp3) is 0.500. The highest BCUT2D eigenvalue weighted by Gasteiger charge is 2.23. The fourth-order valence-electron chi connectivity index (χ4n) is 1.06. The van der Waals surface area contributed by atoms with Gasteiger partial charge in [0.2, 0.25) is 0 Å². The minimum absolute atomic E-state index is 0.424. The van der Waals surface area contributed by atoms with Crippen LogP contribution in [-0.2, 0) is 11.3 Å². The van der Waals surface area contributed by atoms with Gasteiger partial charge in [0.05, 0.1) is 6.54 Å². The highest BCUT2D eigenvalue weighted by Crippen LogP contribution is 2.09. The molecule has 0 aliphatic heterocycles. The molecule has 0 bridgehead atoms. The van der Waals surface area contributed by atoms with E-state index in [-0.39, 0.29) is 0 Å². The second-order valence-corrected chi connectivity index (χ2v) is 3.46. The number of rotatable bonds is 5. The Balaban J connectivity index is 2.57. The topological polar surface area (TPSA) is 90.1 Å². The van der Waals surface area contributed by atoms with E-state index < -0.39 is 35.8 Å². The molecule has 0 saturated heterocycles. The van der Waals surface area contributed by atoms with Crippen molar-refractivity contribution < 1.29 is 18.5 Å². The first-order valence-corrected chi connectivity index (χ1v) is 4.59. The zero-order chi connectivity index (χ0) is 13.1. The molecule has 0 fully saturated rings. The van der Waals surface area contributed by atoms with E-state index in [1.54, 1.807) is 0 Å². The monoisotopic (exact) mass is 248 g/mol. The van der Waals surface area contributed by atoms with Crippen molar-refractivity contribution in [3.63, 3.8) is 0 Å². The molecule has 1 heterocycles. The number of nitrogens with zero attached hydrogens (tertiary/aromatic N) is 3. The molecule has 0 radical (unpaired) electrons. The first-order valence-electron chi connectivity index (χ1n) is 4.59. The van der Waals surface area contributed by atoms with Crippen molar-refractivity contribution in [2.45, 2.75) is 19.4 Å². The quantitative estimate of drug-likeness (QED) is 0.609. The highest BCUT2D eigenvalue weighted by molar-refractivity contribution is 5.76. The number of hydrogen-bond donors (Lipinski definition) is 1. The Bertz CT molecular complexity index is 427. The van der Waals surface area contributed by atoms with E-state index in [9.17, 15) is 23.7 Å². The van der Waals surface area contributed by atoms with Gasteiger partial charge in [-0.25, -0.2) is 13.3 Å². The average molecular weight is 248 g/mol. The van der Waals surface area contributed by atoms with Gasteiger partial charge in [0.15, 0.2) is 6.54 Å². The van der Waals surface area contributed by atoms with Gasteiger partial charge in [-0.2, -0.15) is 0 Å². The molecule has 1 rings (SSSR count). The molecule has 9 heteroatoms. The molecule has 94 valence electrons. The van der Waals surface area contributed by atoms with Crippen LogP contribution in [0.2, 0.25) is 0 Å². The van der Waals surface area contributed by atoms with Crippen LogP contribution in [0.3, 0.4) is 0 Å². The fourth-order valence-corrected chi connectivity index (χ4v) is 1.06. The van der Waals surface area contributed by atoms with Gasteiger partial charge in [-0.3, -0.25) is 4.79 Å². The summed E-state index contributed by atoms with van der Waals surface area (Å²) in [6, 6.07) is 0. The third-order valence-corrected chi connectivity index (χ3v) is 1.77. The minimum atomic E-state index is -3.02. The molecule has 1 N–H and O–H groups in total. The van der Waals surface area contributed by atoms with Crippen molar-refractivity contribution in [3.05, 3.63) is 22.5 Å². The molecule has 1 aromatic rings. The van der Waals surface area contributed by atoms with E-state index >= 15 is 0 Å². The lowest BCUT2D eigenvalue weighted by molar-refractivity contribution is -0.396. The van der Waals surface area contributed by atoms with E-state index in [1.807, 2.05) is 5.32 Å².